The van der Waals surface area contributed by atoms with Crippen molar-refractivity contribution in [2.45, 2.75) is 39.7 Å². The van der Waals surface area contributed by atoms with E-state index < -0.39 is 11.9 Å². The van der Waals surface area contributed by atoms with Crippen LogP contribution < -0.4 is 5.32 Å². The highest BCUT2D eigenvalue weighted by molar-refractivity contribution is 5.76. The second-order valence-electron chi connectivity index (χ2n) is 5.91. The molecular formula is C15H23N3O4. The van der Waals surface area contributed by atoms with Crippen molar-refractivity contribution >= 4 is 12.0 Å². The van der Waals surface area contributed by atoms with Gasteiger partial charge in [0, 0.05) is 19.5 Å². The molecule has 0 aliphatic carbocycles. The van der Waals surface area contributed by atoms with Crippen LogP contribution in [0.1, 0.15) is 38.3 Å². The van der Waals surface area contributed by atoms with Gasteiger partial charge in [-0.3, -0.25) is 4.79 Å². The van der Waals surface area contributed by atoms with E-state index in [-0.39, 0.29) is 25.0 Å². The van der Waals surface area contributed by atoms with Gasteiger partial charge in [-0.2, -0.15) is 0 Å². The second-order valence-corrected chi connectivity index (χ2v) is 5.91. The Balaban J connectivity index is 1.86. The summed E-state index contributed by atoms with van der Waals surface area (Å²) in [6, 6.07) is -0.258. The number of piperidine rings is 1. The standard InChI is InChI=1S/C15H23N3O4/c1-3-4-13-16-6-12(22-13)7-17-15(21)18-8-10(2)5-11(9-18)14(19)20/h6,10-11H,3-5,7-9H2,1-2H3,(H,17,21)(H,19,20). The lowest BCUT2D eigenvalue weighted by molar-refractivity contribution is -0.143. The number of aromatic nitrogens is 1. The molecule has 0 radical (unpaired) electrons. The van der Waals surface area contributed by atoms with Crippen LogP contribution in [0.3, 0.4) is 0 Å². The summed E-state index contributed by atoms with van der Waals surface area (Å²) < 4.78 is 5.50. The lowest BCUT2D eigenvalue weighted by atomic mass is 9.91. The first kappa shape index (κ1) is 16.3. The van der Waals surface area contributed by atoms with E-state index in [1.54, 1.807) is 11.1 Å². The maximum absolute atomic E-state index is 12.2. The molecule has 2 unspecified atom stereocenters. The first-order valence-corrected chi connectivity index (χ1v) is 7.68. The summed E-state index contributed by atoms with van der Waals surface area (Å²) in [5.74, 6) is 0.127. The number of carboxylic acid groups (broad SMARTS) is 1. The Morgan fingerprint density at radius 3 is 2.95 bits per heavy atom. The Bertz CT molecular complexity index is 529. The molecule has 2 rings (SSSR count). The Hall–Kier alpha value is -2.05. The summed E-state index contributed by atoms with van der Waals surface area (Å²) in [5.41, 5.74) is 0. The fourth-order valence-electron chi connectivity index (χ4n) is 2.73. The van der Waals surface area contributed by atoms with E-state index in [9.17, 15) is 9.59 Å². The van der Waals surface area contributed by atoms with E-state index in [1.807, 2.05) is 13.8 Å². The molecule has 0 spiro atoms. The van der Waals surface area contributed by atoms with Gasteiger partial charge in [-0.25, -0.2) is 9.78 Å². The molecule has 0 saturated carbocycles. The molecule has 2 N–H and O–H groups in total. The molecule has 2 amide bonds. The number of carbonyl (C=O) groups excluding carboxylic acids is 1. The van der Waals surface area contributed by atoms with Crippen LogP contribution in [0, 0.1) is 11.8 Å². The monoisotopic (exact) mass is 309 g/mol. The number of hydrogen-bond donors (Lipinski definition) is 2. The van der Waals surface area contributed by atoms with Crippen LogP contribution in [0.2, 0.25) is 0 Å². The number of urea groups is 1. The molecule has 0 aromatic carbocycles. The van der Waals surface area contributed by atoms with Gasteiger partial charge in [0.1, 0.15) is 5.76 Å². The molecule has 1 aromatic rings. The molecule has 2 heterocycles. The van der Waals surface area contributed by atoms with Crippen molar-refractivity contribution in [3.05, 3.63) is 17.8 Å². The zero-order chi connectivity index (χ0) is 16.1. The SMILES string of the molecule is CCCc1ncc(CNC(=O)N2CC(C)CC(C(=O)O)C2)o1. The number of nitrogens with zero attached hydrogens (tertiary/aromatic N) is 2. The highest BCUT2D eigenvalue weighted by Crippen LogP contribution is 2.21. The lowest BCUT2D eigenvalue weighted by Crippen LogP contribution is -2.49. The minimum Gasteiger partial charge on any atom is -0.481 e. The summed E-state index contributed by atoms with van der Waals surface area (Å²) in [6.45, 7) is 5.10. The molecular weight excluding hydrogens is 286 g/mol. The van der Waals surface area contributed by atoms with Crippen LogP contribution in [-0.4, -0.2) is 40.1 Å². The third-order valence-electron chi connectivity index (χ3n) is 3.78. The summed E-state index contributed by atoms with van der Waals surface area (Å²) in [7, 11) is 0. The van der Waals surface area contributed by atoms with Crippen molar-refractivity contribution in [2.24, 2.45) is 11.8 Å². The average Bonchev–Trinajstić information content (AvgIpc) is 2.92. The molecule has 1 aliphatic rings. The molecule has 0 bridgehead atoms. The van der Waals surface area contributed by atoms with Gasteiger partial charge in [0.15, 0.2) is 5.89 Å². The molecule has 7 nitrogen and oxygen atoms in total. The predicted octanol–water partition coefficient (Wildman–Crippen LogP) is 1.88. The summed E-state index contributed by atoms with van der Waals surface area (Å²) in [6.07, 6.45) is 3.96. The molecule has 7 heteroatoms. The van der Waals surface area contributed by atoms with Crippen molar-refractivity contribution in [3.8, 4) is 0 Å². The lowest BCUT2D eigenvalue weighted by Gasteiger charge is -2.34. The van der Waals surface area contributed by atoms with Gasteiger partial charge in [-0.1, -0.05) is 13.8 Å². The fourth-order valence-corrected chi connectivity index (χ4v) is 2.73. The van der Waals surface area contributed by atoms with Gasteiger partial charge in [-0.05, 0) is 18.8 Å². The van der Waals surface area contributed by atoms with Gasteiger partial charge in [-0.15, -0.1) is 0 Å². The van der Waals surface area contributed by atoms with Crippen LogP contribution in [0.4, 0.5) is 4.79 Å². The van der Waals surface area contributed by atoms with Crippen LogP contribution in [0.15, 0.2) is 10.6 Å². The quantitative estimate of drug-likeness (QED) is 0.865. The largest absolute Gasteiger partial charge is 0.481 e. The number of carbonyl (C=O) groups is 2. The van der Waals surface area contributed by atoms with Crippen LogP contribution in [0.5, 0.6) is 0 Å². The molecule has 122 valence electrons. The Morgan fingerprint density at radius 2 is 2.27 bits per heavy atom. The highest BCUT2D eigenvalue weighted by atomic mass is 16.4. The van der Waals surface area contributed by atoms with E-state index in [0.29, 0.717) is 24.6 Å². The van der Waals surface area contributed by atoms with E-state index in [1.165, 1.54) is 0 Å². The maximum Gasteiger partial charge on any atom is 0.317 e. The van der Waals surface area contributed by atoms with Crippen molar-refractivity contribution in [1.29, 1.82) is 0 Å². The third kappa shape index (κ3) is 4.22. The zero-order valence-electron chi connectivity index (χ0n) is 13.0. The number of oxazole rings is 1. The van der Waals surface area contributed by atoms with Gasteiger partial charge in [0.2, 0.25) is 0 Å². The summed E-state index contributed by atoms with van der Waals surface area (Å²) in [5, 5.41) is 11.9. The Morgan fingerprint density at radius 1 is 1.50 bits per heavy atom. The van der Waals surface area contributed by atoms with Gasteiger partial charge in [0.25, 0.3) is 0 Å². The number of hydrogen-bond acceptors (Lipinski definition) is 4. The van der Waals surface area contributed by atoms with Crippen LogP contribution in [-0.2, 0) is 17.8 Å². The first-order chi connectivity index (χ1) is 10.5. The summed E-state index contributed by atoms with van der Waals surface area (Å²) >= 11 is 0. The molecule has 22 heavy (non-hydrogen) atoms. The van der Waals surface area contributed by atoms with E-state index >= 15 is 0 Å². The first-order valence-electron chi connectivity index (χ1n) is 7.68. The van der Waals surface area contributed by atoms with Gasteiger partial charge < -0.3 is 19.7 Å². The number of rotatable bonds is 5. The summed E-state index contributed by atoms with van der Waals surface area (Å²) in [4.78, 5) is 29.0. The topological polar surface area (TPSA) is 95.7 Å². The predicted molar refractivity (Wildman–Crippen MR) is 79.2 cm³/mol. The van der Waals surface area contributed by atoms with E-state index in [2.05, 4.69) is 10.3 Å². The number of aryl methyl sites for hydroxylation is 1. The van der Waals surface area contributed by atoms with Crippen LogP contribution >= 0.6 is 0 Å². The smallest absolute Gasteiger partial charge is 0.317 e. The maximum atomic E-state index is 12.2. The van der Waals surface area contributed by atoms with Crippen molar-refractivity contribution in [3.63, 3.8) is 0 Å². The van der Waals surface area contributed by atoms with E-state index in [4.69, 9.17) is 9.52 Å². The zero-order valence-corrected chi connectivity index (χ0v) is 13.0. The highest BCUT2D eigenvalue weighted by Gasteiger charge is 2.31. The molecule has 1 fully saturated rings. The minimum atomic E-state index is -0.844. The molecule has 1 aliphatic heterocycles. The average molecular weight is 309 g/mol. The molecule has 2 atom stereocenters. The number of nitrogens with one attached hydrogen (secondary N) is 1. The number of amides is 2. The van der Waals surface area contributed by atoms with E-state index in [0.717, 1.165) is 12.8 Å². The molecule has 1 aromatic heterocycles. The van der Waals surface area contributed by atoms with Gasteiger partial charge in [0.05, 0.1) is 18.7 Å². The normalized spacial score (nSPS) is 21.6. The van der Waals surface area contributed by atoms with Gasteiger partial charge >= 0.3 is 12.0 Å². The minimum absolute atomic E-state index is 0.182. The number of carboxylic acids is 1. The molecule has 1 saturated heterocycles. The Kier molecular flexibility index (Phi) is 5.41. The van der Waals surface area contributed by atoms with Crippen molar-refractivity contribution in [2.75, 3.05) is 13.1 Å². The van der Waals surface area contributed by atoms with Crippen molar-refractivity contribution < 1.29 is 19.1 Å². The fraction of sp³-hybridized carbons (Fsp3) is 0.667. The number of aliphatic carboxylic acids is 1. The second kappa shape index (κ2) is 7.29. The third-order valence-corrected chi connectivity index (χ3v) is 3.78. The number of likely N-dealkylation sites (tertiary alicyclic amines) is 1. The Labute approximate surface area is 129 Å². The van der Waals surface area contributed by atoms with Crippen molar-refractivity contribution in [1.82, 2.24) is 15.2 Å². The van der Waals surface area contributed by atoms with Crippen LogP contribution in [0.25, 0.3) is 0 Å².